The van der Waals surface area contributed by atoms with Crippen molar-refractivity contribution in [3.8, 4) is 6.07 Å². The molecule has 0 bridgehead atoms. The second kappa shape index (κ2) is 6.21. The maximum Gasteiger partial charge on any atom is 0.191 e. The summed E-state index contributed by atoms with van der Waals surface area (Å²) in [6, 6.07) is 10.1. The van der Waals surface area contributed by atoms with Crippen LogP contribution in [0, 0.1) is 22.7 Å². The van der Waals surface area contributed by atoms with Crippen molar-refractivity contribution in [2.45, 2.75) is 39.0 Å². The zero-order valence-corrected chi connectivity index (χ0v) is 14.0. The number of rotatable bonds is 3. The second-order valence-corrected chi connectivity index (χ2v) is 6.92. The number of guanidine groups is 1. The van der Waals surface area contributed by atoms with E-state index in [-0.39, 0.29) is 5.41 Å². The molecule has 3 atom stereocenters. The Bertz CT molecular complexity index is 629. The van der Waals surface area contributed by atoms with E-state index in [0.29, 0.717) is 30.2 Å². The van der Waals surface area contributed by atoms with Gasteiger partial charge in [0, 0.05) is 37.6 Å². The third kappa shape index (κ3) is 2.91. The molecule has 2 aliphatic rings. The van der Waals surface area contributed by atoms with Crippen molar-refractivity contribution in [1.29, 1.82) is 5.26 Å². The summed E-state index contributed by atoms with van der Waals surface area (Å²) in [6.07, 6.45) is 1.50. The molecule has 23 heavy (non-hydrogen) atoms. The zero-order chi connectivity index (χ0) is 16.4. The third-order valence-corrected chi connectivity index (χ3v) is 5.16. The summed E-state index contributed by atoms with van der Waals surface area (Å²) in [4.78, 5) is 4.34. The van der Waals surface area contributed by atoms with Gasteiger partial charge in [-0.15, -0.1) is 0 Å². The number of benzene rings is 1. The minimum absolute atomic E-state index is 0.132. The monoisotopic (exact) mass is 312 g/mol. The number of nitrogens with zero attached hydrogens (tertiary/aromatic N) is 2. The van der Waals surface area contributed by atoms with E-state index in [1.165, 1.54) is 0 Å². The molecule has 0 radical (unpaired) electrons. The van der Waals surface area contributed by atoms with E-state index in [2.05, 4.69) is 35.5 Å². The van der Waals surface area contributed by atoms with E-state index in [0.717, 1.165) is 24.6 Å². The highest BCUT2D eigenvalue weighted by Crippen LogP contribution is 2.52. The van der Waals surface area contributed by atoms with Crippen LogP contribution in [0.25, 0.3) is 0 Å². The molecule has 1 saturated carbocycles. The largest absolute Gasteiger partial charge is 0.377 e. The van der Waals surface area contributed by atoms with Crippen LogP contribution in [0.15, 0.2) is 29.3 Å². The molecule has 1 saturated heterocycles. The van der Waals surface area contributed by atoms with Crippen molar-refractivity contribution in [2.24, 2.45) is 16.3 Å². The van der Waals surface area contributed by atoms with Gasteiger partial charge in [0.1, 0.15) is 0 Å². The van der Waals surface area contributed by atoms with Gasteiger partial charge < -0.3 is 15.4 Å². The van der Waals surface area contributed by atoms with Crippen molar-refractivity contribution in [2.75, 3.05) is 13.7 Å². The first-order valence-corrected chi connectivity index (χ1v) is 8.14. The summed E-state index contributed by atoms with van der Waals surface area (Å²) in [6.45, 7) is 6.06. The molecule has 1 heterocycles. The fourth-order valence-electron chi connectivity index (χ4n) is 3.84. The number of aliphatic imine (C=N–C) groups is 1. The van der Waals surface area contributed by atoms with Crippen LogP contribution >= 0.6 is 0 Å². The molecule has 0 spiro atoms. The predicted molar refractivity (Wildman–Crippen MR) is 89.9 cm³/mol. The Morgan fingerprint density at radius 3 is 2.78 bits per heavy atom. The lowest BCUT2D eigenvalue weighted by molar-refractivity contribution is -0.106. The summed E-state index contributed by atoms with van der Waals surface area (Å²) >= 11 is 0. The topological polar surface area (TPSA) is 69.4 Å². The van der Waals surface area contributed by atoms with Crippen LogP contribution in [0.2, 0.25) is 0 Å². The molecule has 3 unspecified atom stereocenters. The van der Waals surface area contributed by atoms with Gasteiger partial charge in [-0.2, -0.15) is 5.26 Å². The van der Waals surface area contributed by atoms with Gasteiger partial charge >= 0.3 is 0 Å². The van der Waals surface area contributed by atoms with Crippen LogP contribution in [0.3, 0.4) is 0 Å². The number of nitrogens with one attached hydrogen (secondary N) is 2. The summed E-state index contributed by atoms with van der Waals surface area (Å²) in [5.41, 5.74) is 1.94. The second-order valence-electron chi connectivity index (χ2n) is 6.92. The first kappa shape index (κ1) is 15.8. The van der Waals surface area contributed by atoms with Crippen LogP contribution < -0.4 is 10.6 Å². The van der Waals surface area contributed by atoms with E-state index in [1.807, 2.05) is 24.3 Å². The van der Waals surface area contributed by atoms with E-state index < -0.39 is 0 Å². The molecular weight excluding hydrogens is 288 g/mol. The Balaban J connectivity index is 1.57. The minimum Gasteiger partial charge on any atom is -0.377 e. The number of hydrogen-bond acceptors (Lipinski definition) is 3. The summed E-state index contributed by atoms with van der Waals surface area (Å²) < 4.78 is 5.84. The maximum atomic E-state index is 8.84. The predicted octanol–water partition coefficient (Wildman–Crippen LogP) is 2.04. The fourth-order valence-corrected chi connectivity index (χ4v) is 3.84. The van der Waals surface area contributed by atoms with Crippen molar-refractivity contribution in [3.05, 3.63) is 35.4 Å². The number of hydrogen-bond donors (Lipinski definition) is 2. The van der Waals surface area contributed by atoms with Gasteiger partial charge in [-0.3, -0.25) is 4.99 Å². The molecule has 122 valence electrons. The van der Waals surface area contributed by atoms with E-state index in [9.17, 15) is 0 Å². The van der Waals surface area contributed by atoms with Gasteiger partial charge in [-0.25, -0.2) is 0 Å². The minimum atomic E-state index is 0.132. The molecule has 1 aliphatic heterocycles. The highest BCUT2D eigenvalue weighted by atomic mass is 16.5. The lowest BCUT2D eigenvalue weighted by atomic mass is 9.57. The Kier molecular flexibility index (Phi) is 4.27. The van der Waals surface area contributed by atoms with Crippen molar-refractivity contribution in [3.63, 3.8) is 0 Å². The molecule has 3 rings (SSSR count). The van der Waals surface area contributed by atoms with E-state index in [1.54, 1.807) is 7.05 Å². The van der Waals surface area contributed by atoms with Gasteiger partial charge in [-0.1, -0.05) is 26.0 Å². The highest BCUT2D eigenvalue weighted by Gasteiger charge is 2.59. The first-order chi connectivity index (χ1) is 11.1. The molecule has 0 aromatic heterocycles. The summed E-state index contributed by atoms with van der Waals surface area (Å²) in [7, 11) is 1.79. The average Bonchev–Trinajstić information content (AvgIpc) is 3.02. The number of ether oxygens (including phenoxy) is 1. The maximum absolute atomic E-state index is 8.84. The first-order valence-electron chi connectivity index (χ1n) is 8.14. The quantitative estimate of drug-likeness (QED) is 0.662. The lowest BCUT2D eigenvalue weighted by Crippen LogP contribution is -2.67. The Labute approximate surface area is 137 Å². The summed E-state index contributed by atoms with van der Waals surface area (Å²) in [5.74, 6) is 1.40. The third-order valence-electron chi connectivity index (χ3n) is 5.16. The molecule has 2 fully saturated rings. The van der Waals surface area contributed by atoms with E-state index >= 15 is 0 Å². The summed E-state index contributed by atoms with van der Waals surface area (Å²) in [5, 5.41) is 15.8. The number of nitriles is 1. The Hall–Kier alpha value is -2.06. The van der Waals surface area contributed by atoms with Crippen LogP contribution in [0.5, 0.6) is 0 Å². The van der Waals surface area contributed by atoms with Crippen molar-refractivity contribution in [1.82, 2.24) is 10.6 Å². The van der Waals surface area contributed by atoms with Gasteiger partial charge in [-0.05, 0) is 24.1 Å². The van der Waals surface area contributed by atoms with E-state index in [4.69, 9.17) is 10.00 Å². The van der Waals surface area contributed by atoms with Gasteiger partial charge in [0.05, 0.1) is 17.7 Å². The molecular formula is C18H24N4O. The van der Waals surface area contributed by atoms with Crippen molar-refractivity contribution >= 4 is 5.96 Å². The standard InChI is InChI=1S/C18H24N4O/c1-18(2)15(14-8-9-23-16(14)18)22-17(20-3)21-11-13-6-4-12(10-19)5-7-13/h4-7,14-16H,8-9,11H2,1-3H3,(H2,20,21,22). The molecule has 0 amide bonds. The van der Waals surface area contributed by atoms with Crippen LogP contribution in [-0.4, -0.2) is 31.8 Å². The lowest BCUT2D eigenvalue weighted by Gasteiger charge is -2.54. The number of fused-ring (bicyclic) bond motifs is 1. The van der Waals surface area contributed by atoms with Crippen LogP contribution in [0.1, 0.15) is 31.4 Å². The molecule has 1 aliphatic carbocycles. The Morgan fingerprint density at radius 2 is 2.13 bits per heavy atom. The van der Waals surface area contributed by atoms with Gasteiger partial charge in [0.15, 0.2) is 5.96 Å². The molecule has 2 N–H and O–H groups in total. The average molecular weight is 312 g/mol. The van der Waals surface area contributed by atoms with Gasteiger partial charge in [0.25, 0.3) is 0 Å². The smallest absolute Gasteiger partial charge is 0.191 e. The van der Waals surface area contributed by atoms with Gasteiger partial charge in [0.2, 0.25) is 0 Å². The van der Waals surface area contributed by atoms with Crippen LogP contribution in [-0.2, 0) is 11.3 Å². The molecule has 5 heteroatoms. The fraction of sp³-hybridized carbons (Fsp3) is 0.556. The molecule has 5 nitrogen and oxygen atoms in total. The highest BCUT2D eigenvalue weighted by molar-refractivity contribution is 5.80. The van der Waals surface area contributed by atoms with Crippen molar-refractivity contribution < 1.29 is 4.74 Å². The molecule has 1 aromatic rings. The molecule has 1 aromatic carbocycles. The zero-order valence-electron chi connectivity index (χ0n) is 14.0. The SMILES string of the molecule is CN=C(NCc1ccc(C#N)cc1)NC1C2CCOC2C1(C)C. The Morgan fingerprint density at radius 1 is 1.39 bits per heavy atom. The van der Waals surface area contributed by atoms with Crippen LogP contribution in [0.4, 0.5) is 0 Å². The normalized spacial score (nSPS) is 28.4.